The first-order valence-corrected chi connectivity index (χ1v) is 9.98. The van der Waals surface area contributed by atoms with E-state index in [4.69, 9.17) is 23.2 Å². The Hall–Kier alpha value is -2.11. The van der Waals surface area contributed by atoms with E-state index in [1.54, 1.807) is 12.3 Å². The Labute approximate surface area is 169 Å². The first kappa shape index (κ1) is 19.6. The van der Waals surface area contributed by atoms with Crippen LogP contribution in [0.5, 0.6) is 0 Å². The zero-order valence-corrected chi connectivity index (χ0v) is 16.6. The molecule has 0 saturated carbocycles. The van der Waals surface area contributed by atoms with Crippen molar-refractivity contribution in [3.8, 4) is 0 Å². The molecule has 0 radical (unpaired) electrons. The highest BCUT2D eigenvalue weighted by atomic mass is 35.5. The van der Waals surface area contributed by atoms with Gasteiger partial charge in [0.1, 0.15) is 5.15 Å². The number of nitrogens with zero attached hydrogens (tertiary/aromatic N) is 3. The molecule has 0 aliphatic rings. The van der Waals surface area contributed by atoms with Gasteiger partial charge in [0.2, 0.25) is 5.95 Å². The van der Waals surface area contributed by atoms with Gasteiger partial charge in [0, 0.05) is 41.6 Å². The predicted octanol–water partition coefficient (Wildman–Crippen LogP) is 5.81. The first-order chi connectivity index (χ1) is 13.2. The van der Waals surface area contributed by atoms with Gasteiger partial charge in [-0.05, 0) is 43.2 Å². The summed E-state index contributed by atoms with van der Waals surface area (Å²) in [5.41, 5.74) is 2.03. The number of unbranched alkanes of at least 4 members (excludes halogenated alkanes) is 4. The van der Waals surface area contributed by atoms with Crippen molar-refractivity contribution >= 4 is 45.7 Å². The van der Waals surface area contributed by atoms with Crippen molar-refractivity contribution in [3.05, 3.63) is 52.9 Å². The molecule has 2 N–H and O–H groups in total. The molecule has 3 rings (SSSR count). The lowest BCUT2D eigenvalue weighted by Gasteiger charge is -2.09. The van der Waals surface area contributed by atoms with Crippen LogP contribution in [-0.2, 0) is 0 Å². The lowest BCUT2D eigenvalue weighted by atomic mass is 10.1. The Kier molecular flexibility index (Phi) is 7.48. The molecular formula is C20H23Cl2N5. The van der Waals surface area contributed by atoms with Crippen molar-refractivity contribution in [2.45, 2.75) is 32.1 Å². The van der Waals surface area contributed by atoms with Crippen LogP contribution in [0.15, 0.2) is 42.7 Å². The van der Waals surface area contributed by atoms with Gasteiger partial charge in [0.05, 0.1) is 5.52 Å². The number of anilines is 2. The third kappa shape index (κ3) is 6.22. The Balaban J connectivity index is 1.29. The fourth-order valence-corrected chi connectivity index (χ4v) is 3.20. The SMILES string of the molecule is Clc1ccc2c(NCCCCCCCNc3nccc(Cl)n3)ccnc2c1. The van der Waals surface area contributed by atoms with Gasteiger partial charge in [-0.2, -0.15) is 0 Å². The van der Waals surface area contributed by atoms with Crippen LogP contribution < -0.4 is 10.6 Å². The number of aromatic nitrogens is 3. The highest BCUT2D eigenvalue weighted by Gasteiger charge is 2.02. The Morgan fingerprint density at radius 3 is 2.33 bits per heavy atom. The number of rotatable bonds is 10. The van der Waals surface area contributed by atoms with Crippen molar-refractivity contribution in [2.24, 2.45) is 0 Å². The van der Waals surface area contributed by atoms with Gasteiger partial charge < -0.3 is 10.6 Å². The number of fused-ring (bicyclic) bond motifs is 1. The molecular weight excluding hydrogens is 381 g/mol. The van der Waals surface area contributed by atoms with Gasteiger partial charge in [-0.15, -0.1) is 0 Å². The van der Waals surface area contributed by atoms with Crippen molar-refractivity contribution in [3.63, 3.8) is 0 Å². The summed E-state index contributed by atoms with van der Waals surface area (Å²) < 4.78 is 0. The molecule has 2 aromatic heterocycles. The fourth-order valence-electron chi connectivity index (χ4n) is 2.90. The highest BCUT2D eigenvalue weighted by Crippen LogP contribution is 2.24. The first-order valence-electron chi connectivity index (χ1n) is 9.23. The number of halogens is 2. The molecule has 27 heavy (non-hydrogen) atoms. The summed E-state index contributed by atoms with van der Waals surface area (Å²) in [6.45, 7) is 1.82. The zero-order valence-electron chi connectivity index (χ0n) is 15.1. The average Bonchev–Trinajstić information content (AvgIpc) is 2.66. The van der Waals surface area contributed by atoms with E-state index >= 15 is 0 Å². The molecule has 0 bridgehead atoms. The van der Waals surface area contributed by atoms with Crippen molar-refractivity contribution in [1.82, 2.24) is 15.0 Å². The third-order valence-electron chi connectivity index (χ3n) is 4.28. The monoisotopic (exact) mass is 403 g/mol. The molecule has 3 aromatic rings. The summed E-state index contributed by atoms with van der Waals surface area (Å²) in [6, 6.07) is 9.50. The normalized spacial score (nSPS) is 10.9. The second kappa shape index (κ2) is 10.3. The molecule has 2 heterocycles. The van der Waals surface area contributed by atoms with Gasteiger partial charge in [0.25, 0.3) is 0 Å². The van der Waals surface area contributed by atoms with Gasteiger partial charge in [-0.3, -0.25) is 4.98 Å². The molecule has 0 aliphatic carbocycles. The number of nitrogens with one attached hydrogen (secondary N) is 2. The Morgan fingerprint density at radius 1 is 0.778 bits per heavy atom. The Morgan fingerprint density at radius 2 is 1.52 bits per heavy atom. The molecule has 0 aliphatic heterocycles. The van der Waals surface area contributed by atoms with Crippen LogP contribution in [0.25, 0.3) is 10.9 Å². The number of hydrogen-bond donors (Lipinski definition) is 2. The van der Waals surface area contributed by atoms with E-state index in [-0.39, 0.29) is 0 Å². The Bertz CT molecular complexity index is 872. The zero-order chi connectivity index (χ0) is 18.9. The molecule has 0 atom stereocenters. The fraction of sp³-hybridized carbons (Fsp3) is 0.350. The van der Waals surface area contributed by atoms with Crippen LogP contribution in [-0.4, -0.2) is 28.0 Å². The summed E-state index contributed by atoms with van der Waals surface area (Å²) in [5.74, 6) is 0.595. The van der Waals surface area contributed by atoms with Gasteiger partial charge in [0.15, 0.2) is 0 Å². The van der Waals surface area contributed by atoms with E-state index in [0.29, 0.717) is 16.1 Å². The van der Waals surface area contributed by atoms with Gasteiger partial charge >= 0.3 is 0 Å². The smallest absolute Gasteiger partial charge is 0.224 e. The maximum atomic E-state index is 6.03. The molecule has 0 unspecified atom stereocenters. The maximum absolute atomic E-state index is 6.03. The lowest BCUT2D eigenvalue weighted by molar-refractivity contribution is 0.634. The highest BCUT2D eigenvalue weighted by molar-refractivity contribution is 6.31. The van der Waals surface area contributed by atoms with Gasteiger partial charge in [-0.1, -0.05) is 42.5 Å². The average molecular weight is 404 g/mol. The predicted molar refractivity (Wildman–Crippen MR) is 114 cm³/mol. The largest absolute Gasteiger partial charge is 0.384 e. The van der Waals surface area contributed by atoms with E-state index < -0.39 is 0 Å². The van der Waals surface area contributed by atoms with Crippen molar-refractivity contribution < 1.29 is 0 Å². The molecule has 0 spiro atoms. The minimum atomic E-state index is 0.463. The molecule has 0 amide bonds. The summed E-state index contributed by atoms with van der Waals surface area (Å²) in [7, 11) is 0. The van der Waals surface area contributed by atoms with Crippen LogP contribution in [0.1, 0.15) is 32.1 Å². The summed E-state index contributed by atoms with van der Waals surface area (Å²) in [6.07, 6.45) is 9.32. The van der Waals surface area contributed by atoms with Crippen molar-refractivity contribution in [1.29, 1.82) is 0 Å². The van der Waals surface area contributed by atoms with E-state index in [2.05, 4.69) is 25.6 Å². The molecule has 1 aromatic carbocycles. The van der Waals surface area contributed by atoms with Crippen LogP contribution in [0.4, 0.5) is 11.6 Å². The molecule has 0 fully saturated rings. The third-order valence-corrected chi connectivity index (χ3v) is 4.72. The van der Waals surface area contributed by atoms with Crippen molar-refractivity contribution in [2.75, 3.05) is 23.7 Å². The summed E-state index contributed by atoms with van der Waals surface area (Å²) >= 11 is 11.9. The van der Waals surface area contributed by atoms with E-state index in [9.17, 15) is 0 Å². The maximum Gasteiger partial charge on any atom is 0.224 e. The van der Waals surface area contributed by atoms with Crippen LogP contribution >= 0.6 is 23.2 Å². The summed E-state index contributed by atoms with van der Waals surface area (Å²) in [4.78, 5) is 12.6. The minimum Gasteiger partial charge on any atom is -0.384 e. The molecule has 0 saturated heterocycles. The second-order valence-electron chi connectivity index (χ2n) is 6.34. The summed E-state index contributed by atoms with van der Waals surface area (Å²) in [5, 5.41) is 8.99. The molecule has 7 heteroatoms. The van der Waals surface area contributed by atoms with Crippen LogP contribution in [0.3, 0.4) is 0 Å². The van der Waals surface area contributed by atoms with E-state index in [1.165, 1.54) is 19.3 Å². The minimum absolute atomic E-state index is 0.463. The topological polar surface area (TPSA) is 62.7 Å². The van der Waals surface area contributed by atoms with E-state index in [0.717, 1.165) is 42.5 Å². The number of hydrogen-bond acceptors (Lipinski definition) is 5. The standard InChI is InChI=1S/C20H23Cl2N5/c21-15-6-7-16-17(8-12-24-18(16)14-15)23-10-4-2-1-3-5-11-25-20-26-13-9-19(22)27-20/h6-9,12-14H,1-5,10-11H2,(H,23,24)(H,25,26,27). The molecule has 142 valence electrons. The van der Waals surface area contributed by atoms with Gasteiger partial charge in [-0.25, -0.2) is 9.97 Å². The van der Waals surface area contributed by atoms with E-state index in [1.807, 2.05) is 30.5 Å². The number of benzene rings is 1. The second-order valence-corrected chi connectivity index (χ2v) is 7.17. The number of pyridine rings is 1. The van der Waals surface area contributed by atoms with Crippen LogP contribution in [0.2, 0.25) is 10.2 Å². The quantitative estimate of drug-likeness (QED) is 0.330. The lowest BCUT2D eigenvalue weighted by Crippen LogP contribution is -2.05. The van der Waals surface area contributed by atoms with Crippen LogP contribution in [0, 0.1) is 0 Å². The molecule has 5 nitrogen and oxygen atoms in total.